The third-order valence-corrected chi connectivity index (χ3v) is 4.60. The van der Waals surface area contributed by atoms with Gasteiger partial charge >= 0.3 is 0 Å². The molecule has 1 unspecified atom stereocenters. The van der Waals surface area contributed by atoms with Crippen molar-refractivity contribution < 1.29 is 5.11 Å². The summed E-state index contributed by atoms with van der Waals surface area (Å²) in [5, 5.41) is 9.84. The molecular weight excluding hydrogens is 196 g/mol. The quantitative estimate of drug-likeness (QED) is 0.737. The summed E-state index contributed by atoms with van der Waals surface area (Å²) in [6, 6.07) is 0. The van der Waals surface area contributed by atoms with Crippen LogP contribution < -0.4 is 0 Å². The fraction of sp³-hybridized carbons (Fsp3) is 1.00. The lowest BCUT2D eigenvalue weighted by atomic mass is 9.62. The molecule has 1 aliphatic rings. The molecule has 1 fully saturated rings. The number of aliphatic hydroxyl groups excluding tert-OH is 1. The fourth-order valence-corrected chi connectivity index (χ4v) is 3.56. The molecule has 1 nitrogen and oxygen atoms in total. The van der Waals surface area contributed by atoms with Crippen LogP contribution in [0.2, 0.25) is 0 Å². The summed E-state index contributed by atoms with van der Waals surface area (Å²) in [6.07, 6.45) is 8.38. The molecule has 0 saturated heterocycles. The first-order valence-corrected chi connectivity index (χ1v) is 7.15. The van der Waals surface area contributed by atoms with Crippen molar-refractivity contribution in [3.8, 4) is 0 Å². The average Bonchev–Trinajstić information content (AvgIpc) is 2.16. The van der Waals surface area contributed by atoms with Crippen molar-refractivity contribution in [2.24, 2.45) is 17.3 Å². The first-order valence-electron chi connectivity index (χ1n) is 7.15. The Morgan fingerprint density at radius 2 is 2.00 bits per heavy atom. The molecular formula is C15H30O. The van der Waals surface area contributed by atoms with Crippen molar-refractivity contribution in [2.45, 2.75) is 78.7 Å². The van der Waals surface area contributed by atoms with Crippen LogP contribution in [0.1, 0.15) is 72.6 Å². The summed E-state index contributed by atoms with van der Waals surface area (Å²) in [7, 11) is 0. The molecule has 1 rings (SSSR count). The summed E-state index contributed by atoms with van der Waals surface area (Å²) in [5.41, 5.74) is 0.490. The number of hydrogen-bond acceptors (Lipinski definition) is 1. The van der Waals surface area contributed by atoms with E-state index >= 15 is 0 Å². The molecule has 0 bridgehead atoms. The van der Waals surface area contributed by atoms with Crippen LogP contribution in [0.15, 0.2) is 0 Å². The van der Waals surface area contributed by atoms with E-state index in [0.717, 1.165) is 31.1 Å². The van der Waals surface area contributed by atoms with Crippen LogP contribution in [0.5, 0.6) is 0 Å². The predicted octanol–water partition coefficient (Wildman–Crippen LogP) is 4.39. The van der Waals surface area contributed by atoms with Gasteiger partial charge < -0.3 is 5.11 Å². The Balaban J connectivity index is 2.43. The van der Waals surface area contributed by atoms with Gasteiger partial charge in [0.2, 0.25) is 0 Å². The van der Waals surface area contributed by atoms with E-state index in [0.29, 0.717) is 5.41 Å². The van der Waals surface area contributed by atoms with Crippen molar-refractivity contribution in [1.82, 2.24) is 0 Å². The smallest absolute Gasteiger partial charge is 0.0540 e. The van der Waals surface area contributed by atoms with Gasteiger partial charge in [-0.05, 0) is 42.9 Å². The van der Waals surface area contributed by atoms with Gasteiger partial charge in [-0.25, -0.2) is 0 Å². The Bertz CT molecular complexity index is 198. The minimum absolute atomic E-state index is 0.0603. The lowest BCUT2D eigenvalue weighted by Crippen LogP contribution is -2.34. The zero-order valence-corrected chi connectivity index (χ0v) is 11.6. The molecule has 0 spiro atoms. The van der Waals surface area contributed by atoms with Crippen LogP contribution in [0.25, 0.3) is 0 Å². The second-order valence-corrected chi connectivity index (χ2v) is 6.48. The standard InChI is InChI=1S/C15H30O/c1-5-7-13(16)9-10-14-12(2)8-6-11-15(14,3)4/h12-14,16H,5-11H2,1-4H3/t12-,13?,14-/m0/s1. The van der Waals surface area contributed by atoms with Crippen molar-refractivity contribution in [3.63, 3.8) is 0 Å². The second-order valence-electron chi connectivity index (χ2n) is 6.48. The molecule has 0 radical (unpaired) electrons. The van der Waals surface area contributed by atoms with E-state index in [2.05, 4.69) is 27.7 Å². The molecule has 3 atom stereocenters. The number of hydrogen-bond donors (Lipinski definition) is 1. The number of aliphatic hydroxyl groups is 1. The number of rotatable bonds is 5. The van der Waals surface area contributed by atoms with Gasteiger partial charge in [-0.2, -0.15) is 0 Å². The van der Waals surface area contributed by atoms with E-state index in [4.69, 9.17) is 0 Å². The van der Waals surface area contributed by atoms with Crippen LogP contribution in [0, 0.1) is 17.3 Å². The minimum atomic E-state index is -0.0603. The molecule has 96 valence electrons. The second kappa shape index (κ2) is 6.05. The monoisotopic (exact) mass is 226 g/mol. The average molecular weight is 226 g/mol. The largest absolute Gasteiger partial charge is 0.393 e. The predicted molar refractivity (Wildman–Crippen MR) is 70.4 cm³/mol. The van der Waals surface area contributed by atoms with Gasteiger partial charge in [-0.15, -0.1) is 0 Å². The highest BCUT2D eigenvalue weighted by Crippen LogP contribution is 2.46. The molecule has 0 heterocycles. The van der Waals surface area contributed by atoms with E-state index in [1.807, 2.05) is 0 Å². The van der Waals surface area contributed by atoms with E-state index in [1.54, 1.807) is 0 Å². The Morgan fingerprint density at radius 3 is 2.56 bits per heavy atom. The normalized spacial score (nSPS) is 31.3. The van der Waals surface area contributed by atoms with Crippen LogP contribution in [0.3, 0.4) is 0 Å². The first kappa shape index (κ1) is 14.0. The topological polar surface area (TPSA) is 20.2 Å². The fourth-order valence-electron chi connectivity index (χ4n) is 3.56. The Hall–Kier alpha value is -0.0400. The maximum atomic E-state index is 9.84. The van der Waals surface area contributed by atoms with Gasteiger partial charge in [0.05, 0.1) is 6.10 Å². The summed E-state index contributed by atoms with van der Waals surface area (Å²) >= 11 is 0. The molecule has 0 amide bonds. The third kappa shape index (κ3) is 3.76. The van der Waals surface area contributed by atoms with Gasteiger partial charge in [0.15, 0.2) is 0 Å². The molecule has 16 heavy (non-hydrogen) atoms. The van der Waals surface area contributed by atoms with E-state index in [-0.39, 0.29) is 6.10 Å². The van der Waals surface area contributed by atoms with E-state index < -0.39 is 0 Å². The van der Waals surface area contributed by atoms with Crippen LogP contribution in [-0.4, -0.2) is 11.2 Å². The highest BCUT2D eigenvalue weighted by molar-refractivity contribution is 4.86. The van der Waals surface area contributed by atoms with Gasteiger partial charge in [0, 0.05) is 0 Å². The molecule has 1 saturated carbocycles. The van der Waals surface area contributed by atoms with Gasteiger partial charge in [-0.1, -0.05) is 47.0 Å². The molecule has 1 N–H and O–H groups in total. The van der Waals surface area contributed by atoms with Crippen molar-refractivity contribution in [1.29, 1.82) is 0 Å². The molecule has 0 aliphatic heterocycles. The molecule has 0 aromatic carbocycles. The van der Waals surface area contributed by atoms with E-state index in [9.17, 15) is 5.11 Å². The minimum Gasteiger partial charge on any atom is -0.393 e. The lowest BCUT2D eigenvalue weighted by molar-refractivity contribution is 0.0560. The zero-order valence-electron chi connectivity index (χ0n) is 11.6. The van der Waals surface area contributed by atoms with Crippen LogP contribution >= 0.6 is 0 Å². The molecule has 1 heteroatoms. The van der Waals surface area contributed by atoms with Crippen molar-refractivity contribution >= 4 is 0 Å². The van der Waals surface area contributed by atoms with Crippen LogP contribution in [-0.2, 0) is 0 Å². The van der Waals surface area contributed by atoms with Gasteiger partial charge in [0.1, 0.15) is 0 Å². The van der Waals surface area contributed by atoms with E-state index in [1.165, 1.54) is 25.7 Å². The summed E-state index contributed by atoms with van der Waals surface area (Å²) < 4.78 is 0. The molecule has 0 aromatic rings. The maximum absolute atomic E-state index is 9.84. The maximum Gasteiger partial charge on any atom is 0.0540 e. The molecule has 0 aromatic heterocycles. The highest BCUT2D eigenvalue weighted by atomic mass is 16.3. The van der Waals surface area contributed by atoms with Crippen LogP contribution in [0.4, 0.5) is 0 Å². The summed E-state index contributed by atoms with van der Waals surface area (Å²) in [4.78, 5) is 0. The zero-order chi connectivity index (χ0) is 12.2. The van der Waals surface area contributed by atoms with Crippen molar-refractivity contribution in [2.75, 3.05) is 0 Å². The Kier molecular flexibility index (Phi) is 5.30. The SMILES string of the molecule is CCCC(O)CC[C@H]1[C@@H](C)CCCC1(C)C. The van der Waals surface area contributed by atoms with Crippen molar-refractivity contribution in [3.05, 3.63) is 0 Å². The lowest BCUT2D eigenvalue weighted by Gasteiger charge is -2.43. The van der Waals surface area contributed by atoms with Gasteiger partial charge in [0.25, 0.3) is 0 Å². The van der Waals surface area contributed by atoms with Gasteiger partial charge in [-0.3, -0.25) is 0 Å². The third-order valence-electron chi connectivity index (χ3n) is 4.60. The Morgan fingerprint density at radius 1 is 1.31 bits per heavy atom. The summed E-state index contributed by atoms with van der Waals surface area (Å²) in [6.45, 7) is 9.38. The molecule has 1 aliphatic carbocycles. The Labute approximate surface area is 102 Å². The summed E-state index contributed by atoms with van der Waals surface area (Å²) in [5.74, 6) is 1.66. The highest BCUT2D eigenvalue weighted by Gasteiger charge is 2.36. The first-order chi connectivity index (χ1) is 7.47.